The topological polar surface area (TPSA) is 46.2 Å². The second-order valence-electron chi connectivity index (χ2n) is 4.38. The molecule has 0 radical (unpaired) electrons. The van der Waals surface area contributed by atoms with Crippen molar-refractivity contribution in [2.75, 3.05) is 4.72 Å². The minimum Gasteiger partial charge on any atom is -0.283 e. The van der Waals surface area contributed by atoms with Gasteiger partial charge < -0.3 is 0 Å². The summed E-state index contributed by atoms with van der Waals surface area (Å²) in [7, 11) is -3.19. The Labute approximate surface area is 111 Å². The SMILES string of the molecule is O=S(=O)(Nc1ccc(CBr)cc1)C1CCCC1. The third-order valence-electron chi connectivity index (χ3n) is 3.11. The number of anilines is 1. The van der Waals surface area contributed by atoms with E-state index in [0.29, 0.717) is 5.69 Å². The van der Waals surface area contributed by atoms with Crippen LogP contribution in [0.1, 0.15) is 31.2 Å². The molecule has 0 unspecified atom stereocenters. The van der Waals surface area contributed by atoms with Gasteiger partial charge in [0.1, 0.15) is 0 Å². The third-order valence-corrected chi connectivity index (χ3v) is 5.63. The first-order valence-electron chi connectivity index (χ1n) is 5.78. The predicted molar refractivity (Wildman–Crippen MR) is 73.9 cm³/mol. The fraction of sp³-hybridized carbons (Fsp3) is 0.500. The molecule has 1 N–H and O–H groups in total. The molecule has 0 amide bonds. The second kappa shape index (κ2) is 5.40. The summed E-state index contributed by atoms with van der Waals surface area (Å²) in [5, 5.41) is 0.571. The van der Waals surface area contributed by atoms with E-state index in [9.17, 15) is 8.42 Å². The zero-order chi connectivity index (χ0) is 12.3. The Hall–Kier alpha value is -0.550. The Bertz CT molecular complexity index is 464. The smallest absolute Gasteiger partial charge is 0.235 e. The van der Waals surface area contributed by atoms with Crippen molar-refractivity contribution in [1.82, 2.24) is 0 Å². The quantitative estimate of drug-likeness (QED) is 0.866. The van der Waals surface area contributed by atoms with E-state index in [1.807, 2.05) is 24.3 Å². The number of sulfonamides is 1. The lowest BCUT2D eigenvalue weighted by atomic mass is 10.2. The van der Waals surface area contributed by atoms with E-state index in [2.05, 4.69) is 20.7 Å². The number of hydrogen-bond acceptors (Lipinski definition) is 2. The summed E-state index contributed by atoms with van der Waals surface area (Å²) in [5.74, 6) is 0. The Morgan fingerprint density at radius 1 is 1.18 bits per heavy atom. The van der Waals surface area contributed by atoms with E-state index < -0.39 is 10.0 Å². The number of alkyl halides is 1. The minimum absolute atomic E-state index is 0.210. The van der Waals surface area contributed by atoms with Gasteiger partial charge in [0.15, 0.2) is 0 Å². The fourth-order valence-electron chi connectivity index (χ4n) is 2.11. The van der Waals surface area contributed by atoms with Crippen molar-refractivity contribution in [2.45, 2.75) is 36.3 Å². The lowest BCUT2D eigenvalue weighted by molar-refractivity contribution is 0.585. The first-order chi connectivity index (χ1) is 8.12. The molecule has 5 heteroatoms. The molecule has 0 saturated heterocycles. The molecule has 17 heavy (non-hydrogen) atoms. The third kappa shape index (κ3) is 3.22. The molecule has 1 aliphatic carbocycles. The van der Waals surface area contributed by atoms with E-state index >= 15 is 0 Å². The maximum absolute atomic E-state index is 12.0. The molecule has 0 aromatic heterocycles. The summed E-state index contributed by atoms with van der Waals surface area (Å²) in [5.41, 5.74) is 1.79. The highest BCUT2D eigenvalue weighted by atomic mass is 79.9. The van der Waals surface area contributed by atoms with Crippen LogP contribution in [-0.2, 0) is 15.4 Å². The molecule has 1 saturated carbocycles. The maximum atomic E-state index is 12.0. The molecule has 0 spiro atoms. The molecule has 3 nitrogen and oxygen atoms in total. The van der Waals surface area contributed by atoms with Crippen LogP contribution in [0.4, 0.5) is 5.69 Å². The average Bonchev–Trinajstić information content (AvgIpc) is 2.84. The second-order valence-corrected chi connectivity index (χ2v) is 6.91. The molecule has 1 fully saturated rings. The summed E-state index contributed by atoms with van der Waals surface area (Å²) < 4.78 is 26.7. The fourth-order valence-corrected chi connectivity index (χ4v) is 4.07. The zero-order valence-electron chi connectivity index (χ0n) is 9.52. The van der Waals surface area contributed by atoms with Crippen LogP contribution in [0.3, 0.4) is 0 Å². The van der Waals surface area contributed by atoms with E-state index in [4.69, 9.17) is 0 Å². The van der Waals surface area contributed by atoms with Crippen LogP contribution in [0, 0.1) is 0 Å². The van der Waals surface area contributed by atoms with Gasteiger partial charge in [-0.2, -0.15) is 0 Å². The number of benzene rings is 1. The predicted octanol–water partition coefficient (Wildman–Crippen LogP) is 3.27. The Kier molecular flexibility index (Phi) is 4.09. The standard InChI is InChI=1S/C12H16BrNO2S/c13-9-10-5-7-11(8-6-10)14-17(15,16)12-3-1-2-4-12/h5-8,12,14H,1-4,9H2. The summed E-state index contributed by atoms with van der Waals surface area (Å²) in [6.07, 6.45) is 3.62. The molecule has 0 aliphatic heterocycles. The van der Waals surface area contributed by atoms with Gasteiger partial charge in [0.25, 0.3) is 0 Å². The summed E-state index contributed by atoms with van der Waals surface area (Å²) >= 11 is 3.36. The largest absolute Gasteiger partial charge is 0.283 e. The van der Waals surface area contributed by atoms with Gasteiger partial charge in [-0.05, 0) is 30.5 Å². The highest BCUT2D eigenvalue weighted by molar-refractivity contribution is 9.08. The molecule has 1 aromatic rings. The Morgan fingerprint density at radius 2 is 1.76 bits per heavy atom. The molecule has 0 atom stereocenters. The van der Waals surface area contributed by atoms with E-state index in [-0.39, 0.29) is 5.25 Å². The molecular weight excluding hydrogens is 302 g/mol. The van der Waals surface area contributed by atoms with Crippen LogP contribution >= 0.6 is 15.9 Å². The molecule has 0 heterocycles. The van der Waals surface area contributed by atoms with Crippen molar-refractivity contribution >= 4 is 31.6 Å². The van der Waals surface area contributed by atoms with Crippen LogP contribution in [0.25, 0.3) is 0 Å². The number of hydrogen-bond donors (Lipinski definition) is 1. The lowest BCUT2D eigenvalue weighted by Crippen LogP contribution is -2.25. The first-order valence-corrected chi connectivity index (χ1v) is 8.45. The zero-order valence-corrected chi connectivity index (χ0v) is 11.9. The van der Waals surface area contributed by atoms with Crippen molar-refractivity contribution < 1.29 is 8.42 Å². The van der Waals surface area contributed by atoms with Gasteiger partial charge in [0.2, 0.25) is 10.0 Å². The van der Waals surface area contributed by atoms with Gasteiger partial charge in [-0.25, -0.2) is 8.42 Å². The van der Waals surface area contributed by atoms with Crippen molar-refractivity contribution in [3.05, 3.63) is 29.8 Å². The van der Waals surface area contributed by atoms with Crippen LogP contribution in [0.5, 0.6) is 0 Å². The summed E-state index contributed by atoms with van der Waals surface area (Å²) in [6, 6.07) is 7.45. The first kappa shape index (κ1) is 12.9. The van der Waals surface area contributed by atoms with Gasteiger partial charge >= 0.3 is 0 Å². The maximum Gasteiger partial charge on any atom is 0.235 e. The van der Waals surface area contributed by atoms with E-state index in [1.165, 1.54) is 0 Å². The molecule has 2 rings (SSSR count). The Balaban J connectivity index is 2.08. The van der Waals surface area contributed by atoms with Gasteiger partial charge in [0.05, 0.1) is 5.25 Å². The lowest BCUT2D eigenvalue weighted by Gasteiger charge is -2.13. The van der Waals surface area contributed by atoms with Crippen LogP contribution in [0.2, 0.25) is 0 Å². The van der Waals surface area contributed by atoms with Gasteiger partial charge in [0, 0.05) is 11.0 Å². The van der Waals surface area contributed by atoms with Crippen molar-refractivity contribution in [1.29, 1.82) is 0 Å². The van der Waals surface area contributed by atoms with Gasteiger partial charge in [-0.3, -0.25) is 4.72 Å². The number of nitrogens with one attached hydrogen (secondary N) is 1. The van der Waals surface area contributed by atoms with E-state index in [0.717, 1.165) is 36.6 Å². The monoisotopic (exact) mass is 317 g/mol. The normalized spacial score (nSPS) is 17.2. The average molecular weight is 318 g/mol. The minimum atomic E-state index is -3.19. The molecule has 0 bridgehead atoms. The van der Waals surface area contributed by atoms with Crippen LogP contribution < -0.4 is 4.72 Å². The highest BCUT2D eigenvalue weighted by Gasteiger charge is 2.28. The highest BCUT2D eigenvalue weighted by Crippen LogP contribution is 2.26. The van der Waals surface area contributed by atoms with Crippen LogP contribution in [-0.4, -0.2) is 13.7 Å². The molecule has 1 aliphatic rings. The van der Waals surface area contributed by atoms with Crippen molar-refractivity contribution in [3.63, 3.8) is 0 Å². The number of rotatable bonds is 4. The van der Waals surface area contributed by atoms with E-state index in [1.54, 1.807) is 0 Å². The molecule has 94 valence electrons. The van der Waals surface area contributed by atoms with Gasteiger partial charge in [-0.15, -0.1) is 0 Å². The van der Waals surface area contributed by atoms with Gasteiger partial charge in [-0.1, -0.05) is 40.9 Å². The number of halogens is 1. The van der Waals surface area contributed by atoms with Crippen molar-refractivity contribution in [2.24, 2.45) is 0 Å². The summed E-state index contributed by atoms with van der Waals surface area (Å²) in [4.78, 5) is 0. The summed E-state index contributed by atoms with van der Waals surface area (Å²) in [6.45, 7) is 0. The van der Waals surface area contributed by atoms with Crippen molar-refractivity contribution in [3.8, 4) is 0 Å². The Morgan fingerprint density at radius 3 is 2.29 bits per heavy atom. The molecule has 1 aromatic carbocycles. The molecular formula is C12H16BrNO2S. The van der Waals surface area contributed by atoms with Crippen LogP contribution in [0.15, 0.2) is 24.3 Å².